The standard InChI is InChI=1S/C18H21ClN2O6S/c1-11(18(22)20-12-5-7-15(25-2)14(19)9-12)21-28(23,24)13-6-8-16(26-3)17(10-13)27-4/h5-11,21H,1-4H3,(H,20,22)/t11-/m0/s1. The molecule has 0 radical (unpaired) electrons. The molecule has 0 bridgehead atoms. The maximum atomic E-state index is 12.6. The first-order valence-electron chi connectivity index (χ1n) is 8.10. The lowest BCUT2D eigenvalue weighted by Crippen LogP contribution is -2.41. The number of carbonyl (C=O) groups excluding carboxylic acids is 1. The molecule has 8 nitrogen and oxygen atoms in total. The Bertz CT molecular complexity index is 965. The third-order valence-corrected chi connectivity index (χ3v) is 5.64. The summed E-state index contributed by atoms with van der Waals surface area (Å²) < 4.78 is 42.7. The summed E-state index contributed by atoms with van der Waals surface area (Å²) in [6.07, 6.45) is 0. The lowest BCUT2D eigenvalue weighted by Gasteiger charge is -2.16. The van der Waals surface area contributed by atoms with Crippen LogP contribution in [-0.4, -0.2) is 41.7 Å². The monoisotopic (exact) mass is 428 g/mol. The quantitative estimate of drug-likeness (QED) is 0.670. The Labute approximate surface area is 168 Å². The largest absolute Gasteiger partial charge is 0.495 e. The molecule has 0 unspecified atom stereocenters. The average molecular weight is 429 g/mol. The summed E-state index contributed by atoms with van der Waals surface area (Å²) in [5.74, 6) is 0.561. The number of amides is 1. The Balaban J connectivity index is 2.13. The SMILES string of the molecule is COc1ccc(NC(=O)[C@H](C)NS(=O)(=O)c2ccc(OC)c(OC)c2)cc1Cl. The number of ether oxygens (including phenoxy) is 3. The molecule has 2 rings (SSSR count). The van der Waals surface area contributed by atoms with E-state index >= 15 is 0 Å². The summed E-state index contributed by atoms with van der Waals surface area (Å²) in [7, 11) is 0.358. The molecule has 0 aliphatic carbocycles. The zero-order chi connectivity index (χ0) is 20.9. The maximum Gasteiger partial charge on any atom is 0.242 e. The van der Waals surface area contributed by atoms with Crippen molar-refractivity contribution in [3.05, 3.63) is 41.4 Å². The van der Waals surface area contributed by atoms with Gasteiger partial charge in [0.25, 0.3) is 0 Å². The van der Waals surface area contributed by atoms with E-state index in [1.165, 1.54) is 52.5 Å². The first kappa shape index (κ1) is 21.8. The molecule has 1 atom stereocenters. The van der Waals surface area contributed by atoms with E-state index in [2.05, 4.69) is 10.0 Å². The van der Waals surface area contributed by atoms with Gasteiger partial charge in [0.15, 0.2) is 11.5 Å². The topological polar surface area (TPSA) is 103 Å². The van der Waals surface area contributed by atoms with Gasteiger partial charge in [-0.2, -0.15) is 4.72 Å². The van der Waals surface area contributed by atoms with Crippen LogP contribution in [-0.2, 0) is 14.8 Å². The molecular weight excluding hydrogens is 408 g/mol. The summed E-state index contributed by atoms with van der Waals surface area (Å²) in [5.41, 5.74) is 0.410. The molecule has 10 heteroatoms. The van der Waals surface area contributed by atoms with Crippen LogP contribution in [0.15, 0.2) is 41.3 Å². The van der Waals surface area contributed by atoms with E-state index in [4.69, 9.17) is 25.8 Å². The zero-order valence-corrected chi connectivity index (χ0v) is 17.3. The van der Waals surface area contributed by atoms with Gasteiger partial charge >= 0.3 is 0 Å². The van der Waals surface area contributed by atoms with Gasteiger partial charge in [0.05, 0.1) is 37.3 Å². The second kappa shape index (κ2) is 9.13. The van der Waals surface area contributed by atoms with Crippen molar-refractivity contribution in [2.75, 3.05) is 26.6 Å². The Kier molecular flexibility index (Phi) is 7.11. The minimum absolute atomic E-state index is 0.0581. The number of anilines is 1. The molecule has 28 heavy (non-hydrogen) atoms. The van der Waals surface area contributed by atoms with Crippen LogP contribution in [0.2, 0.25) is 5.02 Å². The van der Waals surface area contributed by atoms with E-state index in [1.807, 2.05) is 0 Å². The van der Waals surface area contributed by atoms with Crippen molar-refractivity contribution >= 4 is 33.2 Å². The number of hydrogen-bond acceptors (Lipinski definition) is 6. The van der Waals surface area contributed by atoms with Crippen LogP contribution in [0.3, 0.4) is 0 Å². The van der Waals surface area contributed by atoms with Crippen LogP contribution < -0.4 is 24.2 Å². The van der Waals surface area contributed by atoms with E-state index in [0.717, 1.165) is 0 Å². The highest BCUT2D eigenvalue weighted by atomic mass is 35.5. The molecule has 2 aromatic rings. The van der Waals surface area contributed by atoms with E-state index in [0.29, 0.717) is 22.2 Å². The highest BCUT2D eigenvalue weighted by molar-refractivity contribution is 7.89. The molecule has 152 valence electrons. The number of methoxy groups -OCH3 is 3. The van der Waals surface area contributed by atoms with Crippen molar-refractivity contribution in [3.63, 3.8) is 0 Å². The molecule has 0 saturated carbocycles. The Morgan fingerprint density at radius 2 is 1.57 bits per heavy atom. The number of halogens is 1. The molecule has 2 aromatic carbocycles. The summed E-state index contributed by atoms with van der Waals surface area (Å²) >= 11 is 6.02. The molecule has 0 aliphatic heterocycles. The number of hydrogen-bond donors (Lipinski definition) is 2. The van der Waals surface area contributed by atoms with Crippen LogP contribution in [0.5, 0.6) is 17.2 Å². The smallest absolute Gasteiger partial charge is 0.242 e. The fourth-order valence-electron chi connectivity index (χ4n) is 2.33. The third kappa shape index (κ3) is 5.06. The third-order valence-electron chi connectivity index (χ3n) is 3.81. The van der Waals surface area contributed by atoms with Gasteiger partial charge in [-0.15, -0.1) is 0 Å². The molecule has 0 aromatic heterocycles. The van der Waals surface area contributed by atoms with Gasteiger partial charge < -0.3 is 19.5 Å². The average Bonchev–Trinajstić information content (AvgIpc) is 2.67. The molecule has 0 aliphatic rings. The van der Waals surface area contributed by atoms with E-state index in [1.54, 1.807) is 12.1 Å². The van der Waals surface area contributed by atoms with Crippen LogP contribution in [0.25, 0.3) is 0 Å². The maximum absolute atomic E-state index is 12.6. The number of rotatable bonds is 8. The molecule has 1 amide bonds. The van der Waals surface area contributed by atoms with Gasteiger partial charge in [-0.25, -0.2) is 8.42 Å². The van der Waals surface area contributed by atoms with Crippen LogP contribution in [0.4, 0.5) is 5.69 Å². The second-order valence-electron chi connectivity index (χ2n) is 5.70. The van der Waals surface area contributed by atoms with Crippen molar-refractivity contribution in [3.8, 4) is 17.2 Å². The number of benzene rings is 2. The van der Waals surface area contributed by atoms with Crippen molar-refractivity contribution < 1.29 is 27.4 Å². The molecule has 0 saturated heterocycles. The fourth-order valence-corrected chi connectivity index (χ4v) is 3.81. The van der Waals surface area contributed by atoms with E-state index in [9.17, 15) is 13.2 Å². The van der Waals surface area contributed by atoms with Crippen LogP contribution in [0, 0.1) is 0 Å². The van der Waals surface area contributed by atoms with E-state index < -0.39 is 22.0 Å². The predicted octanol–water partition coefficient (Wildman–Crippen LogP) is 2.67. The summed E-state index contributed by atoms with van der Waals surface area (Å²) in [4.78, 5) is 12.3. The molecule has 2 N–H and O–H groups in total. The lowest BCUT2D eigenvalue weighted by atomic mass is 10.2. The van der Waals surface area contributed by atoms with Crippen molar-refractivity contribution in [1.82, 2.24) is 4.72 Å². The van der Waals surface area contributed by atoms with Gasteiger partial charge in [-0.05, 0) is 37.3 Å². The van der Waals surface area contributed by atoms with Crippen molar-refractivity contribution in [2.45, 2.75) is 17.9 Å². The first-order valence-corrected chi connectivity index (χ1v) is 9.96. The zero-order valence-electron chi connectivity index (χ0n) is 15.8. The normalized spacial score (nSPS) is 12.2. The van der Waals surface area contributed by atoms with Gasteiger partial charge in [0, 0.05) is 11.8 Å². The summed E-state index contributed by atoms with van der Waals surface area (Å²) in [6, 6.07) is 7.80. The highest BCUT2D eigenvalue weighted by Gasteiger charge is 2.23. The lowest BCUT2D eigenvalue weighted by molar-refractivity contribution is -0.117. The van der Waals surface area contributed by atoms with Crippen molar-refractivity contribution in [1.29, 1.82) is 0 Å². The molecule has 0 spiro atoms. The summed E-state index contributed by atoms with van der Waals surface area (Å²) in [5, 5.41) is 2.92. The minimum Gasteiger partial charge on any atom is -0.495 e. The minimum atomic E-state index is -3.97. The number of nitrogens with one attached hydrogen (secondary N) is 2. The van der Waals surface area contributed by atoms with Gasteiger partial charge in [0.1, 0.15) is 5.75 Å². The fraction of sp³-hybridized carbons (Fsp3) is 0.278. The Morgan fingerprint density at radius 3 is 2.14 bits per heavy atom. The molecule has 0 fully saturated rings. The molecule has 0 heterocycles. The Hall–Kier alpha value is -2.49. The van der Waals surface area contributed by atoms with Gasteiger partial charge in [-0.3, -0.25) is 4.79 Å². The predicted molar refractivity (Wildman–Crippen MR) is 106 cm³/mol. The Morgan fingerprint density at radius 1 is 0.964 bits per heavy atom. The second-order valence-corrected chi connectivity index (χ2v) is 7.82. The van der Waals surface area contributed by atoms with Crippen LogP contribution >= 0.6 is 11.6 Å². The molecular formula is C18H21ClN2O6S. The van der Waals surface area contributed by atoms with Gasteiger partial charge in [0.2, 0.25) is 15.9 Å². The number of sulfonamides is 1. The summed E-state index contributed by atoms with van der Waals surface area (Å²) in [6.45, 7) is 1.43. The van der Waals surface area contributed by atoms with E-state index in [-0.39, 0.29) is 10.6 Å². The number of carbonyl (C=O) groups is 1. The first-order chi connectivity index (χ1) is 13.2. The van der Waals surface area contributed by atoms with Gasteiger partial charge in [-0.1, -0.05) is 11.6 Å². The highest BCUT2D eigenvalue weighted by Crippen LogP contribution is 2.29. The van der Waals surface area contributed by atoms with Crippen molar-refractivity contribution in [2.24, 2.45) is 0 Å². The van der Waals surface area contributed by atoms with Crippen LogP contribution in [0.1, 0.15) is 6.92 Å².